The highest BCUT2D eigenvalue weighted by Crippen LogP contribution is 2.42. The largest absolute Gasteiger partial charge is 0.495 e. The van der Waals surface area contributed by atoms with Crippen LogP contribution in [0.5, 0.6) is 5.75 Å². The second-order valence-corrected chi connectivity index (χ2v) is 7.81. The number of ether oxygens (including phenoxy) is 3. The van der Waals surface area contributed by atoms with Gasteiger partial charge < -0.3 is 34.6 Å². The Bertz CT molecular complexity index is 970. The standard InChI is InChI=1S/C24H29NO7/c1-4-14-5-7-15(8-6-14)9-16-10-17(11-19(30-2)18(16)12-25)24(31-3)23(29)22(28)21(27)20(13-26)32-24/h5-8,10-11,20-23,26-29H,4,9,13H2,1-3H3/t20-,21-,22+,23-,24+/m1/s1. The van der Waals surface area contributed by atoms with E-state index in [0.717, 1.165) is 12.0 Å². The van der Waals surface area contributed by atoms with Gasteiger partial charge in [-0.25, -0.2) is 0 Å². The third-order valence-electron chi connectivity index (χ3n) is 6.00. The lowest BCUT2D eigenvalue weighted by atomic mass is 9.85. The Morgan fingerprint density at radius 1 is 1.06 bits per heavy atom. The molecule has 5 atom stereocenters. The van der Waals surface area contributed by atoms with Gasteiger partial charge in [0.05, 0.1) is 19.3 Å². The first-order valence-electron chi connectivity index (χ1n) is 10.4. The zero-order valence-electron chi connectivity index (χ0n) is 18.4. The van der Waals surface area contributed by atoms with Crippen molar-refractivity contribution in [3.8, 4) is 11.8 Å². The highest BCUT2D eigenvalue weighted by atomic mass is 16.7. The van der Waals surface area contributed by atoms with Crippen molar-refractivity contribution in [2.24, 2.45) is 0 Å². The summed E-state index contributed by atoms with van der Waals surface area (Å²) in [7, 11) is 2.71. The summed E-state index contributed by atoms with van der Waals surface area (Å²) in [6.07, 6.45) is -4.68. The van der Waals surface area contributed by atoms with Crippen LogP contribution in [-0.2, 0) is 28.1 Å². The van der Waals surface area contributed by atoms with Gasteiger partial charge in [-0.3, -0.25) is 0 Å². The highest BCUT2D eigenvalue weighted by Gasteiger charge is 2.55. The number of aliphatic hydroxyl groups is 4. The summed E-state index contributed by atoms with van der Waals surface area (Å²) in [5.74, 6) is -1.65. The number of nitrogens with zero attached hydrogens (tertiary/aromatic N) is 1. The van der Waals surface area contributed by atoms with E-state index in [4.69, 9.17) is 14.2 Å². The Morgan fingerprint density at radius 3 is 2.25 bits per heavy atom. The van der Waals surface area contributed by atoms with Crippen LogP contribution in [0.1, 0.15) is 34.7 Å². The van der Waals surface area contributed by atoms with Crippen LogP contribution < -0.4 is 4.74 Å². The lowest BCUT2D eigenvalue weighted by molar-refractivity contribution is -0.366. The third kappa shape index (κ3) is 4.24. The maximum absolute atomic E-state index is 10.8. The Morgan fingerprint density at radius 2 is 1.72 bits per heavy atom. The van der Waals surface area contributed by atoms with Gasteiger partial charge in [0.2, 0.25) is 5.79 Å². The quantitative estimate of drug-likeness (QED) is 0.498. The fraction of sp³-hybridized carbons (Fsp3) is 0.458. The predicted molar refractivity (Wildman–Crippen MR) is 115 cm³/mol. The van der Waals surface area contributed by atoms with Crippen LogP contribution in [0.4, 0.5) is 0 Å². The van der Waals surface area contributed by atoms with Crippen molar-refractivity contribution in [2.75, 3.05) is 20.8 Å². The van der Waals surface area contributed by atoms with Crippen LogP contribution in [0, 0.1) is 11.3 Å². The van der Waals surface area contributed by atoms with E-state index in [1.807, 2.05) is 24.3 Å². The summed E-state index contributed by atoms with van der Waals surface area (Å²) in [4.78, 5) is 0. The van der Waals surface area contributed by atoms with E-state index in [9.17, 15) is 25.7 Å². The molecule has 2 aromatic rings. The average Bonchev–Trinajstić information content (AvgIpc) is 2.83. The molecule has 2 aromatic carbocycles. The number of rotatable bonds is 7. The molecule has 1 saturated heterocycles. The monoisotopic (exact) mass is 443 g/mol. The number of benzene rings is 2. The van der Waals surface area contributed by atoms with E-state index in [0.29, 0.717) is 17.5 Å². The zero-order valence-corrected chi connectivity index (χ0v) is 18.4. The van der Waals surface area contributed by atoms with E-state index in [-0.39, 0.29) is 11.3 Å². The Labute approximate surface area is 187 Å². The van der Waals surface area contributed by atoms with Gasteiger partial charge in [0, 0.05) is 12.7 Å². The van der Waals surface area contributed by atoms with Gasteiger partial charge in [-0.05, 0) is 41.7 Å². The summed E-state index contributed by atoms with van der Waals surface area (Å²) in [6.45, 7) is 1.47. The van der Waals surface area contributed by atoms with Crippen LogP contribution in [0.15, 0.2) is 36.4 Å². The topological polar surface area (TPSA) is 132 Å². The van der Waals surface area contributed by atoms with Gasteiger partial charge >= 0.3 is 0 Å². The Kier molecular flexibility index (Phi) is 7.51. The predicted octanol–water partition coefficient (Wildman–Crippen LogP) is 0.993. The molecule has 8 nitrogen and oxygen atoms in total. The third-order valence-corrected chi connectivity index (χ3v) is 6.00. The molecular weight excluding hydrogens is 414 g/mol. The maximum Gasteiger partial charge on any atom is 0.224 e. The average molecular weight is 443 g/mol. The van der Waals surface area contributed by atoms with Crippen molar-refractivity contribution >= 4 is 0 Å². The van der Waals surface area contributed by atoms with Crippen LogP contribution in [-0.4, -0.2) is 65.7 Å². The minimum atomic E-state index is -1.89. The molecule has 0 bridgehead atoms. The minimum absolute atomic E-state index is 0.249. The van der Waals surface area contributed by atoms with E-state index in [1.54, 1.807) is 6.07 Å². The number of methoxy groups -OCH3 is 2. The molecule has 3 rings (SSSR count). The second kappa shape index (κ2) is 9.96. The van der Waals surface area contributed by atoms with E-state index < -0.39 is 36.8 Å². The van der Waals surface area contributed by atoms with Crippen molar-refractivity contribution in [3.05, 3.63) is 64.2 Å². The highest BCUT2D eigenvalue weighted by molar-refractivity contribution is 5.54. The molecule has 8 heteroatoms. The van der Waals surface area contributed by atoms with Crippen molar-refractivity contribution in [3.63, 3.8) is 0 Å². The van der Waals surface area contributed by atoms with E-state index in [2.05, 4.69) is 13.0 Å². The fourth-order valence-electron chi connectivity index (χ4n) is 4.08. The summed E-state index contributed by atoms with van der Waals surface area (Å²) >= 11 is 0. The first-order valence-corrected chi connectivity index (χ1v) is 10.4. The molecule has 0 saturated carbocycles. The van der Waals surface area contributed by atoms with E-state index >= 15 is 0 Å². The summed E-state index contributed by atoms with van der Waals surface area (Å²) in [6, 6.07) is 13.3. The van der Waals surface area contributed by atoms with Crippen molar-refractivity contribution < 1.29 is 34.6 Å². The van der Waals surface area contributed by atoms with Crippen molar-refractivity contribution in [1.29, 1.82) is 5.26 Å². The Balaban J connectivity index is 2.13. The maximum atomic E-state index is 10.8. The van der Waals surface area contributed by atoms with Gasteiger partial charge in [0.15, 0.2) is 0 Å². The second-order valence-electron chi connectivity index (χ2n) is 7.81. The fourth-order valence-corrected chi connectivity index (χ4v) is 4.08. The van der Waals surface area contributed by atoms with Gasteiger partial charge in [-0.15, -0.1) is 0 Å². The molecule has 0 unspecified atom stereocenters. The van der Waals surface area contributed by atoms with Gasteiger partial charge in [0.25, 0.3) is 0 Å². The number of hydrogen-bond donors (Lipinski definition) is 4. The molecule has 0 aliphatic carbocycles. The van der Waals surface area contributed by atoms with Crippen molar-refractivity contribution in [1.82, 2.24) is 0 Å². The first kappa shape index (κ1) is 24.1. The molecule has 1 heterocycles. The molecule has 1 aliphatic rings. The molecule has 4 N–H and O–H groups in total. The zero-order chi connectivity index (χ0) is 23.5. The SMILES string of the molecule is CCc1ccc(Cc2cc([C@]3(OC)O[C@H](CO)[C@@H](O)[C@H](O)[C@H]3O)cc(OC)c2C#N)cc1. The normalized spacial score (nSPS) is 27.7. The molecule has 1 fully saturated rings. The van der Waals surface area contributed by atoms with E-state index in [1.165, 1.54) is 25.8 Å². The number of aryl methyl sites for hydroxylation is 1. The molecule has 32 heavy (non-hydrogen) atoms. The molecule has 0 amide bonds. The number of nitriles is 1. The molecular formula is C24H29NO7. The van der Waals surface area contributed by atoms with Crippen molar-refractivity contribution in [2.45, 2.75) is 50.0 Å². The van der Waals surface area contributed by atoms with Crippen LogP contribution in [0.3, 0.4) is 0 Å². The lowest BCUT2D eigenvalue weighted by Crippen LogP contribution is -2.64. The molecule has 172 valence electrons. The lowest BCUT2D eigenvalue weighted by Gasteiger charge is -2.47. The van der Waals surface area contributed by atoms with Gasteiger partial charge in [-0.2, -0.15) is 5.26 Å². The van der Waals surface area contributed by atoms with Crippen LogP contribution >= 0.6 is 0 Å². The summed E-state index contributed by atoms with van der Waals surface area (Å²) in [5.41, 5.74) is 3.39. The number of hydrogen-bond acceptors (Lipinski definition) is 8. The van der Waals surface area contributed by atoms with Gasteiger partial charge in [0.1, 0.15) is 36.2 Å². The van der Waals surface area contributed by atoms with Gasteiger partial charge in [-0.1, -0.05) is 31.2 Å². The molecule has 1 aliphatic heterocycles. The Hall–Kier alpha value is -2.51. The number of aliphatic hydroxyl groups excluding tert-OH is 4. The molecule has 0 aromatic heterocycles. The summed E-state index contributed by atoms with van der Waals surface area (Å²) < 4.78 is 16.8. The molecule has 0 spiro atoms. The molecule has 0 radical (unpaired) electrons. The van der Waals surface area contributed by atoms with Crippen LogP contribution in [0.2, 0.25) is 0 Å². The first-order chi connectivity index (χ1) is 15.3. The summed E-state index contributed by atoms with van der Waals surface area (Å²) in [5, 5.41) is 50.7. The smallest absolute Gasteiger partial charge is 0.224 e. The minimum Gasteiger partial charge on any atom is -0.495 e. The van der Waals surface area contributed by atoms with Crippen LogP contribution in [0.25, 0.3) is 0 Å².